The molecule has 0 unspecified atom stereocenters. The first-order valence-electron chi connectivity index (χ1n) is 9.46. The smallest absolute Gasteiger partial charge is 0.278 e. The lowest BCUT2D eigenvalue weighted by molar-refractivity contribution is -0.585. The summed E-state index contributed by atoms with van der Waals surface area (Å²) in [5.74, 6) is -1.26. The van der Waals surface area contributed by atoms with Gasteiger partial charge in [0.15, 0.2) is 5.41 Å². The average Bonchev–Trinajstić information content (AvgIpc) is 3.23. The van der Waals surface area contributed by atoms with Gasteiger partial charge in [0.1, 0.15) is 6.04 Å². The maximum absolute atomic E-state index is 13.6. The molecule has 1 aliphatic heterocycles. The van der Waals surface area contributed by atoms with Crippen LogP contribution in [0.15, 0.2) is 61.2 Å². The summed E-state index contributed by atoms with van der Waals surface area (Å²) >= 11 is 0. The van der Waals surface area contributed by atoms with E-state index in [1.54, 1.807) is 48.5 Å². The molecule has 7 nitrogen and oxygen atoms in total. The predicted octanol–water partition coefficient (Wildman–Crippen LogP) is 3.74. The lowest BCUT2D eigenvalue weighted by Gasteiger charge is -2.32. The van der Waals surface area contributed by atoms with Gasteiger partial charge in [0.05, 0.1) is 29.3 Å². The fraction of sp³-hybridized carbons (Fsp3) is 0.261. The Labute approximate surface area is 173 Å². The number of benzene rings is 2. The molecule has 3 atom stereocenters. The second-order valence-corrected chi connectivity index (χ2v) is 7.79. The van der Waals surface area contributed by atoms with Crippen molar-refractivity contribution in [3.8, 4) is 12.1 Å². The molecule has 1 aliphatic carbocycles. The molecule has 7 heteroatoms. The highest BCUT2D eigenvalue weighted by molar-refractivity contribution is 6.08. The summed E-state index contributed by atoms with van der Waals surface area (Å²) in [6, 6.07) is 16.3. The van der Waals surface area contributed by atoms with Gasteiger partial charge in [-0.15, -0.1) is 6.58 Å². The summed E-state index contributed by atoms with van der Waals surface area (Å²) in [7, 11) is 0. The summed E-state index contributed by atoms with van der Waals surface area (Å²) < 4.78 is 0. The highest BCUT2D eigenvalue weighted by Crippen LogP contribution is 2.63. The van der Waals surface area contributed by atoms with E-state index in [1.807, 2.05) is 19.1 Å². The van der Waals surface area contributed by atoms with Crippen molar-refractivity contribution in [2.45, 2.75) is 24.9 Å². The number of hydrogen-bond donors (Lipinski definition) is 0. The fourth-order valence-corrected chi connectivity index (χ4v) is 5.06. The quantitative estimate of drug-likeness (QED) is 0.444. The Bertz CT molecular complexity index is 1150. The van der Waals surface area contributed by atoms with Gasteiger partial charge < -0.3 is 0 Å². The third-order valence-electron chi connectivity index (χ3n) is 6.32. The third-order valence-corrected chi connectivity index (χ3v) is 6.32. The number of anilines is 1. The van der Waals surface area contributed by atoms with Crippen LogP contribution in [0, 0.1) is 51.0 Å². The maximum Gasteiger partial charge on any atom is 0.278 e. The molecular weight excluding hydrogens is 380 g/mol. The molecule has 0 spiro atoms. The van der Waals surface area contributed by atoms with Crippen LogP contribution in [0.25, 0.3) is 0 Å². The minimum absolute atomic E-state index is 0.0684. The van der Waals surface area contributed by atoms with E-state index in [4.69, 9.17) is 0 Å². The van der Waals surface area contributed by atoms with E-state index in [0.29, 0.717) is 16.8 Å². The molecular formula is C23H18N4O3. The SMILES string of the molecule is C=C[C@@H]1CC(C#N)(C#N)[C@H]2N(C(=O)c3ccccc3)c3cc(C)ccc3[C@@]12[N+](=O)[O-]. The molecule has 2 aromatic rings. The topological polar surface area (TPSA) is 111 Å². The van der Waals surface area contributed by atoms with E-state index < -0.39 is 33.7 Å². The Morgan fingerprint density at radius 3 is 2.50 bits per heavy atom. The molecule has 2 aliphatic rings. The lowest BCUT2D eigenvalue weighted by atomic mass is 9.77. The van der Waals surface area contributed by atoms with E-state index >= 15 is 0 Å². The second kappa shape index (κ2) is 6.53. The van der Waals surface area contributed by atoms with Crippen molar-refractivity contribution < 1.29 is 9.72 Å². The van der Waals surface area contributed by atoms with Crippen LogP contribution in [0.1, 0.15) is 27.9 Å². The first-order chi connectivity index (χ1) is 14.4. The van der Waals surface area contributed by atoms with Crippen molar-refractivity contribution in [1.29, 1.82) is 10.5 Å². The first-order valence-corrected chi connectivity index (χ1v) is 9.46. The van der Waals surface area contributed by atoms with Crippen LogP contribution in [0.5, 0.6) is 0 Å². The highest BCUT2D eigenvalue weighted by Gasteiger charge is 2.77. The first kappa shape index (κ1) is 19.4. The zero-order chi connectivity index (χ0) is 21.7. The van der Waals surface area contributed by atoms with Crippen LogP contribution in [0.2, 0.25) is 0 Å². The molecule has 0 radical (unpaired) electrons. The summed E-state index contributed by atoms with van der Waals surface area (Å²) in [5, 5.41) is 32.7. The molecule has 2 aromatic carbocycles. The molecule has 0 aromatic heterocycles. The van der Waals surface area contributed by atoms with E-state index in [2.05, 4.69) is 6.58 Å². The van der Waals surface area contributed by atoms with Crippen molar-refractivity contribution in [2.75, 3.05) is 4.90 Å². The number of carbonyl (C=O) groups excluding carboxylic acids is 1. The maximum atomic E-state index is 13.6. The van der Waals surface area contributed by atoms with Gasteiger partial charge in [-0.2, -0.15) is 10.5 Å². The number of hydrogen-bond acceptors (Lipinski definition) is 5. The number of rotatable bonds is 3. The molecule has 0 bridgehead atoms. The van der Waals surface area contributed by atoms with Crippen molar-refractivity contribution in [1.82, 2.24) is 0 Å². The normalized spacial score (nSPS) is 25.5. The van der Waals surface area contributed by atoms with Gasteiger partial charge in [-0.05, 0) is 43.2 Å². The molecule has 1 amide bonds. The number of carbonyl (C=O) groups is 1. The minimum atomic E-state index is -1.82. The number of nitriles is 2. The highest BCUT2D eigenvalue weighted by atomic mass is 16.6. The molecule has 0 saturated heterocycles. The van der Waals surface area contributed by atoms with Gasteiger partial charge in [-0.1, -0.05) is 30.3 Å². The number of amides is 1. The molecule has 30 heavy (non-hydrogen) atoms. The minimum Gasteiger partial charge on any atom is -0.294 e. The molecule has 0 N–H and O–H groups in total. The van der Waals surface area contributed by atoms with E-state index in [-0.39, 0.29) is 6.42 Å². The zero-order valence-corrected chi connectivity index (χ0v) is 16.3. The van der Waals surface area contributed by atoms with Crippen molar-refractivity contribution in [3.63, 3.8) is 0 Å². The van der Waals surface area contributed by atoms with Gasteiger partial charge in [0.25, 0.3) is 11.4 Å². The van der Waals surface area contributed by atoms with Gasteiger partial charge >= 0.3 is 0 Å². The van der Waals surface area contributed by atoms with E-state index in [9.17, 15) is 25.4 Å². The summed E-state index contributed by atoms with van der Waals surface area (Å²) in [4.78, 5) is 27.1. The number of nitro groups is 1. The Balaban J connectivity index is 2.09. The van der Waals surface area contributed by atoms with Gasteiger partial charge in [-0.25, -0.2) is 0 Å². The van der Waals surface area contributed by atoms with Crippen LogP contribution in [-0.2, 0) is 5.54 Å². The van der Waals surface area contributed by atoms with Crippen LogP contribution >= 0.6 is 0 Å². The monoisotopic (exact) mass is 398 g/mol. The standard InChI is InChI=1S/C23H18N4O3/c1-3-17-12-22(13-24,14-25)21-23(17,27(29)30)18-10-9-15(2)11-19(18)26(21)20(28)16-7-5-4-6-8-16/h3-11,17,21H,1,12H2,2H3/t17-,21-,23+/m1/s1. The van der Waals surface area contributed by atoms with Crippen molar-refractivity contribution in [3.05, 3.63) is 88.0 Å². The number of nitrogens with zero attached hydrogens (tertiary/aromatic N) is 4. The van der Waals surface area contributed by atoms with Crippen LogP contribution in [0.3, 0.4) is 0 Å². The Morgan fingerprint density at radius 2 is 1.93 bits per heavy atom. The summed E-state index contributed by atoms with van der Waals surface area (Å²) in [5.41, 5.74) is -1.72. The summed E-state index contributed by atoms with van der Waals surface area (Å²) in [6.45, 7) is 5.58. The summed E-state index contributed by atoms with van der Waals surface area (Å²) in [6.07, 6.45) is 1.37. The fourth-order valence-electron chi connectivity index (χ4n) is 5.06. The van der Waals surface area contributed by atoms with Gasteiger partial charge in [-0.3, -0.25) is 19.8 Å². The van der Waals surface area contributed by atoms with Gasteiger partial charge in [0.2, 0.25) is 0 Å². The second-order valence-electron chi connectivity index (χ2n) is 7.79. The Hall–Kier alpha value is -3.97. The van der Waals surface area contributed by atoms with Crippen LogP contribution < -0.4 is 4.90 Å². The Morgan fingerprint density at radius 1 is 1.27 bits per heavy atom. The average molecular weight is 398 g/mol. The molecule has 1 fully saturated rings. The van der Waals surface area contributed by atoms with Crippen LogP contribution in [-0.4, -0.2) is 16.9 Å². The number of aryl methyl sites for hydroxylation is 1. The molecule has 1 heterocycles. The molecule has 148 valence electrons. The van der Waals surface area contributed by atoms with E-state index in [0.717, 1.165) is 5.56 Å². The zero-order valence-electron chi connectivity index (χ0n) is 16.3. The van der Waals surface area contributed by atoms with E-state index in [1.165, 1.54) is 11.0 Å². The largest absolute Gasteiger partial charge is 0.294 e. The van der Waals surface area contributed by atoms with Crippen LogP contribution in [0.4, 0.5) is 5.69 Å². The lowest BCUT2D eigenvalue weighted by Crippen LogP contribution is -2.55. The predicted molar refractivity (Wildman–Crippen MR) is 109 cm³/mol. The molecule has 1 saturated carbocycles. The third kappa shape index (κ3) is 2.20. The van der Waals surface area contributed by atoms with Gasteiger partial charge in [0, 0.05) is 10.5 Å². The Kier molecular flexibility index (Phi) is 4.22. The van der Waals surface area contributed by atoms with Crippen molar-refractivity contribution in [2.24, 2.45) is 11.3 Å². The van der Waals surface area contributed by atoms with Crippen molar-refractivity contribution >= 4 is 11.6 Å². The number of fused-ring (bicyclic) bond motifs is 3. The molecule has 4 rings (SSSR count).